The number of fused-ring (bicyclic) bond motifs is 1. The number of aromatic nitrogens is 4. The molecule has 3 aromatic heterocycles. The van der Waals surface area contributed by atoms with Crippen molar-refractivity contribution in [2.24, 2.45) is 0 Å². The Labute approximate surface area is 140 Å². The van der Waals surface area contributed by atoms with Crippen LogP contribution < -0.4 is 5.32 Å². The van der Waals surface area contributed by atoms with Gasteiger partial charge >= 0.3 is 6.18 Å². The standard InChI is InChI=1S/C16H14F3N5O/c1-9-7-21-24-6-5-12(23-14(9)24)15(25)22-10(2)11-3-4-13(20-8-11)16(17,18)19/h3-8,10H,1-2H3,(H,22,25)/t10-/m0/s1. The van der Waals surface area contributed by atoms with Crippen molar-refractivity contribution < 1.29 is 18.0 Å². The number of rotatable bonds is 3. The number of pyridine rings is 1. The molecular weight excluding hydrogens is 335 g/mol. The Hall–Kier alpha value is -2.97. The van der Waals surface area contributed by atoms with Gasteiger partial charge in [-0.2, -0.15) is 18.3 Å². The lowest BCUT2D eigenvalue weighted by molar-refractivity contribution is -0.141. The van der Waals surface area contributed by atoms with Gasteiger partial charge in [0, 0.05) is 18.0 Å². The first kappa shape index (κ1) is 16.9. The molecule has 3 rings (SSSR count). The van der Waals surface area contributed by atoms with Crippen LogP contribution in [-0.4, -0.2) is 25.5 Å². The van der Waals surface area contributed by atoms with Crippen molar-refractivity contribution in [2.75, 3.05) is 0 Å². The maximum atomic E-state index is 12.5. The van der Waals surface area contributed by atoms with E-state index in [0.29, 0.717) is 11.2 Å². The molecule has 0 spiro atoms. The summed E-state index contributed by atoms with van der Waals surface area (Å²) in [5.41, 5.74) is 1.08. The highest BCUT2D eigenvalue weighted by Crippen LogP contribution is 2.27. The number of nitrogens with zero attached hydrogens (tertiary/aromatic N) is 4. The molecule has 0 saturated heterocycles. The fraction of sp³-hybridized carbons (Fsp3) is 0.250. The Kier molecular flexibility index (Phi) is 4.15. The van der Waals surface area contributed by atoms with Crippen molar-refractivity contribution in [3.8, 4) is 0 Å². The Morgan fingerprint density at radius 2 is 2.00 bits per heavy atom. The second kappa shape index (κ2) is 6.15. The molecule has 0 aliphatic rings. The van der Waals surface area contributed by atoms with Crippen LogP contribution in [0.5, 0.6) is 0 Å². The minimum atomic E-state index is -4.49. The summed E-state index contributed by atoms with van der Waals surface area (Å²) in [5.74, 6) is -0.435. The van der Waals surface area contributed by atoms with E-state index < -0.39 is 23.8 Å². The van der Waals surface area contributed by atoms with Gasteiger partial charge in [-0.3, -0.25) is 9.78 Å². The molecule has 0 saturated carbocycles. The third kappa shape index (κ3) is 3.44. The Balaban J connectivity index is 1.76. The third-order valence-corrected chi connectivity index (χ3v) is 3.70. The largest absolute Gasteiger partial charge is 0.433 e. The summed E-state index contributed by atoms with van der Waals surface area (Å²) in [4.78, 5) is 20.0. The average Bonchev–Trinajstić information content (AvgIpc) is 2.95. The Morgan fingerprint density at radius 3 is 2.64 bits per heavy atom. The van der Waals surface area contributed by atoms with Crippen LogP contribution in [0.2, 0.25) is 0 Å². The molecule has 0 bridgehead atoms. The zero-order valence-electron chi connectivity index (χ0n) is 13.4. The lowest BCUT2D eigenvalue weighted by atomic mass is 10.1. The molecule has 25 heavy (non-hydrogen) atoms. The maximum absolute atomic E-state index is 12.5. The van der Waals surface area contributed by atoms with Gasteiger partial charge < -0.3 is 5.32 Å². The van der Waals surface area contributed by atoms with E-state index in [-0.39, 0.29) is 5.69 Å². The first-order valence-electron chi connectivity index (χ1n) is 7.40. The topological polar surface area (TPSA) is 72.2 Å². The number of hydrogen-bond donors (Lipinski definition) is 1. The van der Waals surface area contributed by atoms with Crippen LogP contribution in [0.4, 0.5) is 13.2 Å². The van der Waals surface area contributed by atoms with E-state index in [9.17, 15) is 18.0 Å². The SMILES string of the molecule is Cc1cnn2ccc(C(=O)N[C@@H](C)c3ccc(C(F)(F)F)nc3)nc12. The normalized spacial score (nSPS) is 13.0. The zero-order valence-corrected chi connectivity index (χ0v) is 13.4. The van der Waals surface area contributed by atoms with Gasteiger partial charge in [0.2, 0.25) is 0 Å². The van der Waals surface area contributed by atoms with Crippen molar-refractivity contribution in [3.05, 3.63) is 59.3 Å². The summed E-state index contributed by atoms with van der Waals surface area (Å²) in [6.07, 6.45) is -0.131. The number of carbonyl (C=O) groups excluding carboxylic acids is 1. The number of hydrogen-bond acceptors (Lipinski definition) is 4. The van der Waals surface area contributed by atoms with Crippen LogP contribution in [0.25, 0.3) is 5.65 Å². The van der Waals surface area contributed by atoms with Crippen LogP contribution in [0, 0.1) is 6.92 Å². The van der Waals surface area contributed by atoms with E-state index >= 15 is 0 Å². The number of nitrogens with one attached hydrogen (secondary N) is 1. The summed E-state index contributed by atoms with van der Waals surface area (Å²) in [6, 6.07) is 3.18. The molecule has 0 aromatic carbocycles. The summed E-state index contributed by atoms with van der Waals surface area (Å²) in [7, 11) is 0. The molecule has 0 fully saturated rings. The predicted molar refractivity (Wildman–Crippen MR) is 82.8 cm³/mol. The second-order valence-corrected chi connectivity index (χ2v) is 5.58. The number of aryl methyl sites for hydroxylation is 1. The molecule has 6 nitrogen and oxygen atoms in total. The third-order valence-electron chi connectivity index (χ3n) is 3.70. The molecule has 1 N–H and O–H groups in total. The zero-order chi connectivity index (χ0) is 18.2. The number of alkyl halides is 3. The second-order valence-electron chi connectivity index (χ2n) is 5.58. The van der Waals surface area contributed by atoms with Crippen molar-refractivity contribution in [3.63, 3.8) is 0 Å². The number of amides is 1. The Bertz CT molecular complexity index is 918. The van der Waals surface area contributed by atoms with Gasteiger partial charge in [0.25, 0.3) is 5.91 Å². The van der Waals surface area contributed by atoms with Crippen LogP contribution in [0.1, 0.15) is 40.3 Å². The predicted octanol–water partition coefficient (Wildman–Crippen LogP) is 2.94. The highest BCUT2D eigenvalue weighted by atomic mass is 19.4. The monoisotopic (exact) mass is 349 g/mol. The lowest BCUT2D eigenvalue weighted by Crippen LogP contribution is -2.27. The van der Waals surface area contributed by atoms with E-state index in [2.05, 4.69) is 20.4 Å². The van der Waals surface area contributed by atoms with Gasteiger partial charge in [0.1, 0.15) is 11.4 Å². The first-order chi connectivity index (χ1) is 11.8. The van der Waals surface area contributed by atoms with Crippen LogP contribution in [0.15, 0.2) is 36.8 Å². The van der Waals surface area contributed by atoms with Gasteiger partial charge in [-0.05, 0) is 31.5 Å². The summed E-state index contributed by atoms with van der Waals surface area (Å²) in [6.45, 7) is 3.48. The van der Waals surface area contributed by atoms with Crippen LogP contribution in [-0.2, 0) is 6.18 Å². The molecule has 9 heteroatoms. The minimum absolute atomic E-state index is 0.197. The van der Waals surface area contributed by atoms with Gasteiger partial charge in [-0.1, -0.05) is 6.07 Å². The van der Waals surface area contributed by atoms with Gasteiger partial charge in [-0.15, -0.1) is 0 Å². The van der Waals surface area contributed by atoms with Crippen molar-refractivity contribution >= 4 is 11.6 Å². The van der Waals surface area contributed by atoms with E-state index in [1.807, 2.05) is 6.92 Å². The minimum Gasteiger partial charge on any atom is -0.344 e. The highest BCUT2D eigenvalue weighted by Gasteiger charge is 2.32. The molecular formula is C16H14F3N5O. The fourth-order valence-corrected chi connectivity index (χ4v) is 2.29. The highest BCUT2D eigenvalue weighted by molar-refractivity contribution is 5.93. The molecule has 0 radical (unpaired) electrons. The number of halogens is 3. The van der Waals surface area contributed by atoms with Gasteiger partial charge in [0.15, 0.2) is 5.65 Å². The average molecular weight is 349 g/mol. The molecule has 1 amide bonds. The fourth-order valence-electron chi connectivity index (χ4n) is 2.29. The molecule has 0 unspecified atom stereocenters. The van der Waals surface area contributed by atoms with Gasteiger partial charge in [-0.25, -0.2) is 9.50 Å². The van der Waals surface area contributed by atoms with E-state index in [4.69, 9.17) is 0 Å². The van der Waals surface area contributed by atoms with E-state index in [1.165, 1.54) is 12.1 Å². The molecule has 0 aliphatic carbocycles. The molecule has 3 heterocycles. The van der Waals surface area contributed by atoms with E-state index in [0.717, 1.165) is 17.8 Å². The van der Waals surface area contributed by atoms with E-state index in [1.54, 1.807) is 23.8 Å². The molecule has 1 atom stereocenters. The summed E-state index contributed by atoms with van der Waals surface area (Å²) >= 11 is 0. The molecule has 130 valence electrons. The molecule has 0 aliphatic heterocycles. The first-order valence-corrected chi connectivity index (χ1v) is 7.40. The van der Waals surface area contributed by atoms with Crippen molar-refractivity contribution in [2.45, 2.75) is 26.1 Å². The quantitative estimate of drug-likeness (QED) is 0.789. The van der Waals surface area contributed by atoms with Crippen molar-refractivity contribution in [1.82, 2.24) is 24.9 Å². The van der Waals surface area contributed by atoms with Gasteiger partial charge in [0.05, 0.1) is 12.2 Å². The van der Waals surface area contributed by atoms with Crippen LogP contribution >= 0.6 is 0 Å². The molecule has 3 aromatic rings. The van der Waals surface area contributed by atoms with Crippen molar-refractivity contribution in [1.29, 1.82) is 0 Å². The summed E-state index contributed by atoms with van der Waals surface area (Å²) in [5, 5.41) is 6.77. The van der Waals surface area contributed by atoms with Crippen LogP contribution in [0.3, 0.4) is 0 Å². The lowest BCUT2D eigenvalue weighted by Gasteiger charge is -2.14. The Morgan fingerprint density at radius 1 is 1.24 bits per heavy atom. The maximum Gasteiger partial charge on any atom is 0.433 e. The smallest absolute Gasteiger partial charge is 0.344 e. The number of carbonyl (C=O) groups is 1. The summed E-state index contributed by atoms with van der Waals surface area (Å²) < 4.78 is 39.2.